The number of aromatic nitrogens is 2. The van der Waals surface area contributed by atoms with Crippen LogP contribution in [-0.4, -0.2) is 34.1 Å². The van der Waals surface area contributed by atoms with Crippen LogP contribution in [0.15, 0.2) is 131 Å². The van der Waals surface area contributed by atoms with E-state index in [2.05, 4.69) is 34.5 Å². The minimum Gasteiger partial charge on any atom is -0.507 e. The van der Waals surface area contributed by atoms with Gasteiger partial charge in [-0.05, 0) is 63.9 Å². The number of hydrogen-bond donors (Lipinski definition) is 1. The fourth-order valence-electron chi connectivity index (χ4n) is 5.68. The molecule has 2 heterocycles. The zero-order chi connectivity index (χ0) is 33.0. The number of carbonyl (C=O) groups is 2. The first-order chi connectivity index (χ1) is 23.5. The van der Waals surface area contributed by atoms with Crippen LogP contribution in [0.2, 0.25) is 0 Å². The summed E-state index contributed by atoms with van der Waals surface area (Å²) in [6.45, 7) is 0.337. The summed E-state index contributed by atoms with van der Waals surface area (Å²) in [6.07, 6.45) is 0. The predicted octanol–water partition coefficient (Wildman–Crippen LogP) is 8.20. The average Bonchev–Trinajstić information content (AvgIpc) is 3.71. The van der Waals surface area contributed by atoms with Crippen molar-refractivity contribution in [2.45, 2.75) is 22.7 Å². The van der Waals surface area contributed by atoms with Crippen LogP contribution in [0.4, 0.5) is 5.13 Å². The smallest absolute Gasteiger partial charge is 0.301 e. The maximum absolute atomic E-state index is 13.8. The standard InChI is InChI=1S/C38H29N3O5S2/c1-45-29-19-17-26(18-20-29)34(42)32-33(27-13-8-15-30(21-27)46-22-24-9-3-2-4-10-24)41(36(44)35(32)43)37-39-40-38(48-37)47-23-28-14-7-12-25-11-5-6-16-31(25)28/h2-21,33,42H,22-23H2,1H3/b34-32+. The Kier molecular flexibility index (Phi) is 8.91. The van der Waals surface area contributed by atoms with Crippen LogP contribution in [0.3, 0.4) is 0 Å². The van der Waals surface area contributed by atoms with Gasteiger partial charge in [-0.15, -0.1) is 10.2 Å². The second-order valence-electron chi connectivity index (χ2n) is 11.0. The van der Waals surface area contributed by atoms with Gasteiger partial charge in [-0.2, -0.15) is 0 Å². The highest BCUT2D eigenvalue weighted by Gasteiger charge is 2.48. The summed E-state index contributed by atoms with van der Waals surface area (Å²) in [5.41, 5.74) is 3.05. The Labute approximate surface area is 285 Å². The summed E-state index contributed by atoms with van der Waals surface area (Å²) in [6, 6.07) is 37.1. The van der Waals surface area contributed by atoms with Crippen molar-refractivity contribution in [3.8, 4) is 11.5 Å². The molecule has 8 nitrogen and oxygen atoms in total. The van der Waals surface area contributed by atoms with Gasteiger partial charge in [0, 0.05) is 11.3 Å². The van der Waals surface area contributed by atoms with E-state index in [4.69, 9.17) is 9.47 Å². The third-order valence-electron chi connectivity index (χ3n) is 8.06. The van der Waals surface area contributed by atoms with Crippen LogP contribution in [0.1, 0.15) is 28.3 Å². The molecule has 1 aliphatic heterocycles. The first-order valence-corrected chi connectivity index (χ1v) is 17.0. The Bertz CT molecular complexity index is 2140. The van der Waals surface area contributed by atoms with E-state index in [-0.39, 0.29) is 16.5 Å². The van der Waals surface area contributed by atoms with Gasteiger partial charge in [-0.25, -0.2) is 0 Å². The van der Waals surface area contributed by atoms with Crippen molar-refractivity contribution >= 4 is 56.5 Å². The molecule has 0 saturated carbocycles. The van der Waals surface area contributed by atoms with Gasteiger partial charge >= 0.3 is 5.91 Å². The molecular formula is C38H29N3O5S2. The van der Waals surface area contributed by atoms with Crippen molar-refractivity contribution in [3.63, 3.8) is 0 Å². The molecule has 1 aromatic heterocycles. The van der Waals surface area contributed by atoms with Crippen LogP contribution in [0, 0.1) is 0 Å². The first kappa shape index (κ1) is 31.2. The van der Waals surface area contributed by atoms with Gasteiger partial charge < -0.3 is 14.6 Å². The fourth-order valence-corrected chi connectivity index (χ4v) is 7.55. The molecule has 5 aromatic carbocycles. The highest BCUT2D eigenvalue weighted by Crippen LogP contribution is 2.45. The number of fused-ring (bicyclic) bond motifs is 1. The molecule has 1 fully saturated rings. The van der Waals surface area contributed by atoms with Crippen molar-refractivity contribution in [2.24, 2.45) is 0 Å². The number of ether oxygens (including phenoxy) is 2. The highest BCUT2D eigenvalue weighted by molar-refractivity contribution is 8.00. The van der Waals surface area contributed by atoms with E-state index in [1.165, 1.54) is 28.0 Å². The molecule has 238 valence electrons. The highest BCUT2D eigenvalue weighted by atomic mass is 32.2. The van der Waals surface area contributed by atoms with Gasteiger partial charge in [0.1, 0.15) is 23.9 Å². The molecule has 1 N–H and O–H groups in total. The van der Waals surface area contributed by atoms with Gasteiger partial charge in [-0.1, -0.05) is 108 Å². The molecule has 0 radical (unpaired) electrons. The number of anilines is 1. The summed E-state index contributed by atoms with van der Waals surface area (Å²) >= 11 is 2.74. The first-order valence-electron chi connectivity index (χ1n) is 15.1. The second kappa shape index (κ2) is 13.7. The second-order valence-corrected chi connectivity index (χ2v) is 13.2. The van der Waals surface area contributed by atoms with Gasteiger partial charge in [-0.3, -0.25) is 14.5 Å². The van der Waals surface area contributed by atoms with E-state index >= 15 is 0 Å². The molecule has 1 amide bonds. The lowest BCUT2D eigenvalue weighted by molar-refractivity contribution is -0.132. The molecule has 0 bridgehead atoms. The normalized spacial score (nSPS) is 15.6. The van der Waals surface area contributed by atoms with E-state index < -0.39 is 17.7 Å². The number of nitrogens with zero attached hydrogens (tertiary/aromatic N) is 3. The van der Waals surface area contributed by atoms with E-state index in [0.717, 1.165) is 21.9 Å². The van der Waals surface area contributed by atoms with Crippen LogP contribution >= 0.6 is 23.1 Å². The third-order valence-corrected chi connectivity index (χ3v) is 10.2. The number of Topliss-reactive ketones (excluding diaryl/α,β-unsaturated/α-hetero) is 1. The molecule has 0 spiro atoms. The van der Waals surface area contributed by atoms with E-state index in [1.54, 1.807) is 49.6 Å². The minimum atomic E-state index is -0.976. The number of benzene rings is 5. The molecule has 6 aromatic rings. The van der Waals surface area contributed by atoms with Crippen molar-refractivity contribution in [1.29, 1.82) is 0 Å². The third kappa shape index (κ3) is 6.27. The Morgan fingerprint density at radius 2 is 1.60 bits per heavy atom. The monoisotopic (exact) mass is 671 g/mol. The van der Waals surface area contributed by atoms with Gasteiger partial charge in [0.2, 0.25) is 5.13 Å². The van der Waals surface area contributed by atoms with E-state index in [0.29, 0.717) is 39.3 Å². The minimum absolute atomic E-state index is 0.0504. The van der Waals surface area contributed by atoms with Crippen molar-refractivity contribution in [3.05, 3.63) is 149 Å². The molecule has 7 rings (SSSR count). The lowest BCUT2D eigenvalue weighted by Gasteiger charge is -2.23. The van der Waals surface area contributed by atoms with E-state index in [1.807, 2.05) is 54.6 Å². The topological polar surface area (TPSA) is 102 Å². The molecule has 0 aliphatic carbocycles. The molecule has 1 atom stereocenters. The number of thioether (sulfide) groups is 1. The zero-order valence-corrected chi connectivity index (χ0v) is 27.4. The number of aliphatic hydroxyl groups is 1. The van der Waals surface area contributed by atoms with Crippen molar-refractivity contribution in [1.82, 2.24) is 10.2 Å². The summed E-state index contributed by atoms with van der Waals surface area (Å²) < 4.78 is 12.0. The number of amides is 1. The summed E-state index contributed by atoms with van der Waals surface area (Å²) in [5, 5.41) is 22.9. The lowest BCUT2D eigenvalue weighted by atomic mass is 9.95. The fraction of sp³-hybridized carbons (Fsp3) is 0.105. The molecular weight excluding hydrogens is 643 g/mol. The maximum atomic E-state index is 13.8. The average molecular weight is 672 g/mol. The zero-order valence-electron chi connectivity index (χ0n) is 25.8. The molecule has 1 unspecified atom stereocenters. The number of methoxy groups -OCH3 is 1. The van der Waals surface area contributed by atoms with Crippen molar-refractivity contribution < 1.29 is 24.2 Å². The van der Waals surface area contributed by atoms with Gasteiger partial charge in [0.05, 0.1) is 18.7 Å². The predicted molar refractivity (Wildman–Crippen MR) is 188 cm³/mol. The van der Waals surface area contributed by atoms with Gasteiger partial charge in [0.25, 0.3) is 5.78 Å². The van der Waals surface area contributed by atoms with Crippen LogP contribution < -0.4 is 14.4 Å². The number of aliphatic hydroxyl groups excluding tert-OH is 1. The largest absolute Gasteiger partial charge is 0.507 e. The Hall–Kier alpha value is -5.45. The summed E-state index contributed by atoms with van der Waals surface area (Å²) in [7, 11) is 1.55. The van der Waals surface area contributed by atoms with Crippen LogP contribution in [0.25, 0.3) is 16.5 Å². The SMILES string of the molecule is COc1ccc(/C(O)=C2\C(=O)C(=O)N(c3nnc(SCc4cccc5ccccc45)s3)C2c2cccc(OCc3ccccc3)c2)cc1. The maximum Gasteiger partial charge on any atom is 0.301 e. The molecule has 10 heteroatoms. The number of ketones is 1. The Balaban J connectivity index is 1.24. The summed E-state index contributed by atoms with van der Waals surface area (Å²) in [4.78, 5) is 28.8. The number of carbonyl (C=O) groups excluding carboxylic acids is 2. The van der Waals surface area contributed by atoms with Crippen LogP contribution in [-0.2, 0) is 21.9 Å². The molecule has 1 saturated heterocycles. The Morgan fingerprint density at radius 1 is 0.854 bits per heavy atom. The van der Waals surface area contributed by atoms with Crippen LogP contribution in [0.5, 0.6) is 11.5 Å². The van der Waals surface area contributed by atoms with Gasteiger partial charge in [0.15, 0.2) is 4.34 Å². The van der Waals surface area contributed by atoms with Crippen molar-refractivity contribution in [2.75, 3.05) is 12.0 Å². The van der Waals surface area contributed by atoms with E-state index in [9.17, 15) is 14.7 Å². The molecule has 48 heavy (non-hydrogen) atoms. The number of rotatable bonds is 10. The molecule has 1 aliphatic rings. The summed E-state index contributed by atoms with van der Waals surface area (Å²) in [5.74, 6) is -0.119. The quantitative estimate of drug-likeness (QED) is 0.0512. The number of hydrogen-bond acceptors (Lipinski definition) is 9. The lowest BCUT2D eigenvalue weighted by Crippen LogP contribution is -2.29. The Morgan fingerprint density at radius 3 is 2.42 bits per heavy atom.